The van der Waals surface area contributed by atoms with Gasteiger partial charge in [-0.3, -0.25) is 9.59 Å². The van der Waals surface area contributed by atoms with E-state index >= 15 is 0 Å². The minimum absolute atomic E-state index is 0.0382. The molecule has 3 unspecified atom stereocenters. The molecule has 4 nitrogen and oxygen atoms in total. The van der Waals surface area contributed by atoms with Gasteiger partial charge in [0, 0.05) is 32.0 Å². The summed E-state index contributed by atoms with van der Waals surface area (Å²) in [7, 11) is 0. The summed E-state index contributed by atoms with van der Waals surface area (Å²) in [4.78, 5) is 25.8. The lowest BCUT2D eigenvalue weighted by Crippen LogP contribution is -2.42. The van der Waals surface area contributed by atoms with Crippen molar-refractivity contribution in [1.82, 2.24) is 10.2 Å². The number of nitrogens with one attached hydrogen (secondary N) is 1. The van der Waals surface area contributed by atoms with E-state index in [1.165, 1.54) is 25.7 Å². The van der Waals surface area contributed by atoms with Gasteiger partial charge in [-0.15, -0.1) is 0 Å². The zero-order valence-electron chi connectivity index (χ0n) is 10.9. The van der Waals surface area contributed by atoms with Gasteiger partial charge in [0.25, 0.3) is 0 Å². The van der Waals surface area contributed by atoms with Crippen LogP contribution in [0, 0.1) is 17.8 Å². The molecule has 3 rings (SSSR count). The summed E-state index contributed by atoms with van der Waals surface area (Å²) >= 11 is 0. The molecule has 1 saturated carbocycles. The van der Waals surface area contributed by atoms with Gasteiger partial charge >= 0.3 is 0 Å². The van der Waals surface area contributed by atoms with Crippen LogP contribution in [-0.2, 0) is 9.59 Å². The standard InChI is InChI=1S/C14H22N2O2/c17-13-7-10(5-6-15-13)14(18)16-8-11-3-1-2-4-12(11)9-16/h10-12H,1-9H2,(H,15,17). The van der Waals surface area contributed by atoms with E-state index in [0.29, 0.717) is 13.0 Å². The van der Waals surface area contributed by atoms with Crippen LogP contribution in [0.3, 0.4) is 0 Å². The molecular weight excluding hydrogens is 228 g/mol. The van der Waals surface area contributed by atoms with Crippen molar-refractivity contribution in [2.24, 2.45) is 17.8 Å². The summed E-state index contributed by atoms with van der Waals surface area (Å²) in [6.07, 6.45) is 6.45. The lowest BCUT2D eigenvalue weighted by atomic mass is 9.82. The van der Waals surface area contributed by atoms with E-state index in [-0.39, 0.29) is 17.7 Å². The van der Waals surface area contributed by atoms with Gasteiger partial charge in [0.1, 0.15) is 0 Å². The van der Waals surface area contributed by atoms with Crippen molar-refractivity contribution in [3.63, 3.8) is 0 Å². The van der Waals surface area contributed by atoms with Crippen molar-refractivity contribution in [3.05, 3.63) is 0 Å². The zero-order valence-corrected chi connectivity index (χ0v) is 10.9. The number of piperidine rings is 1. The summed E-state index contributed by atoms with van der Waals surface area (Å²) in [5.74, 6) is 1.69. The summed E-state index contributed by atoms with van der Waals surface area (Å²) in [6.45, 7) is 2.55. The maximum absolute atomic E-state index is 12.4. The van der Waals surface area contributed by atoms with Crippen molar-refractivity contribution >= 4 is 11.8 Å². The number of fused-ring (bicyclic) bond motifs is 1. The van der Waals surface area contributed by atoms with Crippen LogP contribution in [0.1, 0.15) is 38.5 Å². The fraction of sp³-hybridized carbons (Fsp3) is 0.857. The molecule has 100 valence electrons. The Balaban J connectivity index is 1.61. The van der Waals surface area contributed by atoms with E-state index in [4.69, 9.17) is 0 Å². The largest absolute Gasteiger partial charge is 0.356 e. The molecule has 4 heteroatoms. The maximum Gasteiger partial charge on any atom is 0.226 e. The Kier molecular flexibility index (Phi) is 3.27. The van der Waals surface area contributed by atoms with Crippen molar-refractivity contribution in [3.8, 4) is 0 Å². The van der Waals surface area contributed by atoms with E-state index < -0.39 is 0 Å². The van der Waals surface area contributed by atoms with Gasteiger partial charge in [-0.25, -0.2) is 0 Å². The molecule has 2 aliphatic heterocycles. The van der Waals surface area contributed by atoms with Crippen LogP contribution in [-0.4, -0.2) is 36.3 Å². The van der Waals surface area contributed by atoms with Gasteiger partial charge < -0.3 is 10.2 Å². The molecule has 1 N–H and O–H groups in total. The topological polar surface area (TPSA) is 49.4 Å². The number of likely N-dealkylation sites (tertiary alicyclic amines) is 1. The van der Waals surface area contributed by atoms with Gasteiger partial charge in [0.15, 0.2) is 0 Å². The Morgan fingerprint density at radius 3 is 2.39 bits per heavy atom. The molecule has 0 radical (unpaired) electrons. The third-order valence-electron chi connectivity index (χ3n) is 4.88. The normalized spacial score (nSPS) is 36.1. The highest BCUT2D eigenvalue weighted by Crippen LogP contribution is 2.36. The van der Waals surface area contributed by atoms with E-state index in [2.05, 4.69) is 5.32 Å². The van der Waals surface area contributed by atoms with Crippen LogP contribution < -0.4 is 5.32 Å². The van der Waals surface area contributed by atoms with Gasteiger partial charge in [-0.05, 0) is 31.1 Å². The van der Waals surface area contributed by atoms with Crippen molar-refractivity contribution in [1.29, 1.82) is 0 Å². The molecule has 0 aromatic rings. The van der Waals surface area contributed by atoms with Crippen LogP contribution >= 0.6 is 0 Å². The van der Waals surface area contributed by atoms with E-state index in [1.807, 2.05) is 4.90 Å². The Morgan fingerprint density at radius 1 is 1.11 bits per heavy atom. The molecule has 3 aliphatic rings. The third kappa shape index (κ3) is 2.25. The first kappa shape index (κ1) is 12.0. The molecule has 0 spiro atoms. The van der Waals surface area contributed by atoms with Crippen molar-refractivity contribution in [2.45, 2.75) is 38.5 Å². The second-order valence-electron chi connectivity index (χ2n) is 6.09. The number of carbonyl (C=O) groups is 2. The second kappa shape index (κ2) is 4.90. The summed E-state index contributed by atoms with van der Waals surface area (Å²) in [5.41, 5.74) is 0. The fourth-order valence-corrected chi connectivity index (χ4v) is 3.84. The van der Waals surface area contributed by atoms with Gasteiger partial charge in [0.2, 0.25) is 11.8 Å². The molecule has 3 atom stereocenters. The molecule has 0 bridgehead atoms. The Bertz CT molecular complexity index is 342. The summed E-state index contributed by atoms with van der Waals surface area (Å²) in [5, 5.41) is 2.80. The molecule has 1 aliphatic carbocycles. The van der Waals surface area contributed by atoms with Crippen LogP contribution in [0.2, 0.25) is 0 Å². The molecule has 0 aromatic carbocycles. The van der Waals surface area contributed by atoms with Gasteiger partial charge in [-0.1, -0.05) is 12.8 Å². The zero-order chi connectivity index (χ0) is 12.5. The first-order valence-corrected chi connectivity index (χ1v) is 7.29. The summed E-state index contributed by atoms with van der Waals surface area (Å²) < 4.78 is 0. The Labute approximate surface area is 108 Å². The highest BCUT2D eigenvalue weighted by Gasteiger charge is 2.39. The minimum Gasteiger partial charge on any atom is -0.356 e. The SMILES string of the molecule is O=C1CC(C(=O)N2CC3CCCCC3C2)CCN1. The first-order valence-electron chi connectivity index (χ1n) is 7.29. The number of nitrogens with zero attached hydrogens (tertiary/aromatic N) is 1. The highest BCUT2D eigenvalue weighted by atomic mass is 16.2. The first-order chi connectivity index (χ1) is 8.74. The molecule has 3 fully saturated rings. The predicted octanol–water partition coefficient (Wildman–Crippen LogP) is 1.16. The molecule has 2 saturated heterocycles. The lowest BCUT2D eigenvalue weighted by molar-refractivity contribution is -0.139. The number of amides is 2. The Hall–Kier alpha value is -1.06. The molecule has 2 heterocycles. The molecule has 18 heavy (non-hydrogen) atoms. The molecular formula is C14H22N2O2. The summed E-state index contributed by atoms with van der Waals surface area (Å²) in [6, 6.07) is 0. The number of hydrogen-bond acceptors (Lipinski definition) is 2. The maximum atomic E-state index is 12.4. The second-order valence-corrected chi connectivity index (χ2v) is 6.09. The third-order valence-corrected chi connectivity index (χ3v) is 4.88. The Morgan fingerprint density at radius 2 is 1.78 bits per heavy atom. The number of rotatable bonds is 1. The van der Waals surface area contributed by atoms with Crippen molar-refractivity contribution < 1.29 is 9.59 Å². The van der Waals surface area contributed by atoms with Gasteiger partial charge in [0.05, 0.1) is 0 Å². The van der Waals surface area contributed by atoms with Crippen molar-refractivity contribution in [2.75, 3.05) is 19.6 Å². The van der Waals surface area contributed by atoms with Crippen LogP contribution in [0.15, 0.2) is 0 Å². The van der Waals surface area contributed by atoms with E-state index in [0.717, 1.165) is 31.3 Å². The average Bonchev–Trinajstić information content (AvgIpc) is 2.81. The fourth-order valence-electron chi connectivity index (χ4n) is 3.84. The number of hydrogen-bond donors (Lipinski definition) is 1. The monoisotopic (exact) mass is 250 g/mol. The lowest BCUT2D eigenvalue weighted by Gasteiger charge is -2.26. The van der Waals surface area contributed by atoms with Crippen LogP contribution in [0.25, 0.3) is 0 Å². The highest BCUT2D eigenvalue weighted by molar-refractivity contribution is 5.87. The predicted molar refractivity (Wildman–Crippen MR) is 67.8 cm³/mol. The van der Waals surface area contributed by atoms with E-state index in [9.17, 15) is 9.59 Å². The molecule has 0 aromatic heterocycles. The van der Waals surface area contributed by atoms with E-state index in [1.54, 1.807) is 0 Å². The van der Waals surface area contributed by atoms with Crippen LogP contribution in [0.4, 0.5) is 0 Å². The van der Waals surface area contributed by atoms with Gasteiger partial charge in [-0.2, -0.15) is 0 Å². The quantitative estimate of drug-likeness (QED) is 0.759. The minimum atomic E-state index is -0.0566. The average molecular weight is 250 g/mol. The van der Waals surface area contributed by atoms with Crippen LogP contribution in [0.5, 0.6) is 0 Å². The smallest absolute Gasteiger partial charge is 0.226 e. The molecule has 2 amide bonds. The number of carbonyl (C=O) groups excluding carboxylic acids is 2.